The predicted molar refractivity (Wildman–Crippen MR) is 68.7 cm³/mol. The van der Waals surface area contributed by atoms with Crippen molar-refractivity contribution < 1.29 is 5.11 Å². The molecule has 4 heteroatoms. The molecule has 0 saturated carbocycles. The van der Waals surface area contributed by atoms with Gasteiger partial charge in [0.1, 0.15) is 5.82 Å². The molecule has 2 heterocycles. The first-order valence-corrected chi connectivity index (χ1v) is 6.44. The largest absolute Gasteiger partial charge is 0.388 e. The average molecular weight is 285 g/mol. The molecule has 0 bridgehead atoms. The van der Waals surface area contributed by atoms with Crippen molar-refractivity contribution in [2.45, 2.75) is 32.3 Å². The van der Waals surface area contributed by atoms with Crippen molar-refractivity contribution in [3.05, 3.63) is 22.3 Å². The number of hydrogen-bond donors (Lipinski definition) is 1. The first-order chi connectivity index (χ1) is 7.54. The number of nitrogens with zero attached hydrogens (tertiary/aromatic N) is 2. The number of aryl methyl sites for hydroxylation is 1. The molecule has 1 fully saturated rings. The highest BCUT2D eigenvalue weighted by Crippen LogP contribution is 2.28. The van der Waals surface area contributed by atoms with Crippen molar-refractivity contribution in [2.75, 3.05) is 18.0 Å². The van der Waals surface area contributed by atoms with E-state index in [0.717, 1.165) is 35.4 Å². The minimum Gasteiger partial charge on any atom is -0.388 e. The Morgan fingerprint density at radius 2 is 2.31 bits per heavy atom. The molecule has 88 valence electrons. The van der Waals surface area contributed by atoms with Crippen molar-refractivity contribution in [1.29, 1.82) is 0 Å². The first-order valence-electron chi connectivity index (χ1n) is 5.64. The Labute approximate surface area is 105 Å². The highest BCUT2D eigenvalue weighted by atomic mass is 79.9. The summed E-state index contributed by atoms with van der Waals surface area (Å²) in [6.45, 7) is 5.59. The second kappa shape index (κ2) is 4.34. The maximum Gasteiger partial charge on any atom is 0.128 e. The lowest BCUT2D eigenvalue weighted by Crippen LogP contribution is -2.32. The molecule has 0 amide bonds. The summed E-state index contributed by atoms with van der Waals surface area (Å²) in [5, 5.41) is 10.2. The molecule has 0 aromatic carbocycles. The van der Waals surface area contributed by atoms with Gasteiger partial charge in [-0.05, 0) is 47.8 Å². The number of rotatable bonds is 2. The van der Waals surface area contributed by atoms with E-state index in [1.54, 1.807) is 0 Å². The third-order valence-corrected chi connectivity index (χ3v) is 4.16. The van der Waals surface area contributed by atoms with E-state index in [1.807, 2.05) is 26.0 Å². The topological polar surface area (TPSA) is 36.4 Å². The van der Waals surface area contributed by atoms with Crippen molar-refractivity contribution in [3.63, 3.8) is 0 Å². The van der Waals surface area contributed by atoms with Crippen LogP contribution < -0.4 is 4.90 Å². The molecular weight excluding hydrogens is 268 g/mol. The van der Waals surface area contributed by atoms with Crippen LogP contribution >= 0.6 is 15.9 Å². The zero-order valence-corrected chi connectivity index (χ0v) is 11.3. The van der Waals surface area contributed by atoms with Gasteiger partial charge < -0.3 is 10.0 Å². The Balaban J connectivity index is 2.17. The average Bonchev–Trinajstić information content (AvgIpc) is 2.66. The van der Waals surface area contributed by atoms with Crippen molar-refractivity contribution in [3.8, 4) is 0 Å². The lowest BCUT2D eigenvalue weighted by atomic mass is 10.0. The standard InChI is InChI=1S/C12H17BrN2O/c1-3-12(16)6-7-15(8-12)11-5-4-10(13)9(2)14-11/h4-5,16H,3,6-8H2,1-2H3/t12-/m1/s1. The van der Waals surface area contributed by atoms with Crippen LogP contribution in [0.3, 0.4) is 0 Å². The third-order valence-electron chi connectivity index (χ3n) is 3.32. The van der Waals surface area contributed by atoms with Crippen molar-refractivity contribution >= 4 is 21.7 Å². The number of pyridine rings is 1. The van der Waals surface area contributed by atoms with Gasteiger partial charge in [-0.15, -0.1) is 0 Å². The summed E-state index contributed by atoms with van der Waals surface area (Å²) in [5.74, 6) is 0.963. The third kappa shape index (κ3) is 2.23. The fourth-order valence-electron chi connectivity index (χ4n) is 2.05. The molecule has 16 heavy (non-hydrogen) atoms. The summed E-state index contributed by atoms with van der Waals surface area (Å²) >= 11 is 3.44. The smallest absolute Gasteiger partial charge is 0.128 e. The predicted octanol–water partition coefficient (Wildman–Crippen LogP) is 2.50. The molecule has 1 saturated heterocycles. The number of anilines is 1. The fraction of sp³-hybridized carbons (Fsp3) is 0.583. The van der Waals surface area contributed by atoms with Gasteiger partial charge in [-0.3, -0.25) is 0 Å². The van der Waals surface area contributed by atoms with Gasteiger partial charge >= 0.3 is 0 Å². The summed E-state index contributed by atoms with van der Waals surface area (Å²) in [5.41, 5.74) is 0.465. The van der Waals surface area contributed by atoms with Crippen LogP contribution in [0.4, 0.5) is 5.82 Å². The van der Waals surface area contributed by atoms with Crippen molar-refractivity contribution in [1.82, 2.24) is 4.98 Å². The second-order valence-corrected chi connectivity index (χ2v) is 5.34. The molecule has 1 aromatic rings. The summed E-state index contributed by atoms with van der Waals surface area (Å²) in [6.07, 6.45) is 1.64. The highest BCUT2D eigenvalue weighted by Gasteiger charge is 2.34. The van der Waals surface area contributed by atoms with Gasteiger partial charge in [0.25, 0.3) is 0 Å². The number of aliphatic hydroxyl groups is 1. The Bertz CT molecular complexity index is 397. The van der Waals surface area contributed by atoms with E-state index in [-0.39, 0.29) is 0 Å². The molecular formula is C12H17BrN2O. The molecule has 3 nitrogen and oxygen atoms in total. The minimum absolute atomic E-state index is 0.525. The van der Waals surface area contributed by atoms with Crippen LogP contribution in [0.15, 0.2) is 16.6 Å². The minimum atomic E-state index is -0.525. The lowest BCUT2D eigenvalue weighted by molar-refractivity contribution is 0.0593. The Kier molecular flexibility index (Phi) is 3.22. The van der Waals surface area contributed by atoms with E-state index in [0.29, 0.717) is 6.54 Å². The van der Waals surface area contributed by atoms with E-state index in [2.05, 4.69) is 25.8 Å². The summed E-state index contributed by atoms with van der Waals surface area (Å²) < 4.78 is 1.03. The van der Waals surface area contributed by atoms with Crippen LogP contribution in [0.2, 0.25) is 0 Å². The lowest BCUT2D eigenvalue weighted by Gasteiger charge is -2.22. The van der Waals surface area contributed by atoms with Gasteiger partial charge in [0.15, 0.2) is 0 Å². The number of hydrogen-bond acceptors (Lipinski definition) is 3. The van der Waals surface area contributed by atoms with Crippen LogP contribution in [0.25, 0.3) is 0 Å². The zero-order chi connectivity index (χ0) is 11.8. The van der Waals surface area contributed by atoms with E-state index >= 15 is 0 Å². The van der Waals surface area contributed by atoms with Crippen LogP contribution in [-0.2, 0) is 0 Å². The monoisotopic (exact) mass is 284 g/mol. The van der Waals surface area contributed by atoms with Gasteiger partial charge in [-0.2, -0.15) is 0 Å². The molecule has 0 spiro atoms. The fourth-order valence-corrected chi connectivity index (χ4v) is 2.27. The Morgan fingerprint density at radius 1 is 1.56 bits per heavy atom. The maximum absolute atomic E-state index is 10.2. The number of halogens is 1. The van der Waals surface area contributed by atoms with Gasteiger partial charge in [0.2, 0.25) is 0 Å². The summed E-state index contributed by atoms with van der Waals surface area (Å²) in [4.78, 5) is 6.68. The maximum atomic E-state index is 10.2. The summed E-state index contributed by atoms with van der Waals surface area (Å²) in [6, 6.07) is 4.01. The molecule has 1 N–H and O–H groups in total. The zero-order valence-electron chi connectivity index (χ0n) is 9.70. The molecule has 2 rings (SSSR count). The van der Waals surface area contributed by atoms with Gasteiger partial charge in [-0.1, -0.05) is 6.92 Å². The molecule has 0 radical (unpaired) electrons. The van der Waals surface area contributed by atoms with E-state index in [1.165, 1.54) is 0 Å². The molecule has 1 atom stereocenters. The second-order valence-electron chi connectivity index (χ2n) is 4.49. The quantitative estimate of drug-likeness (QED) is 0.907. The first kappa shape index (κ1) is 11.9. The normalized spacial score (nSPS) is 25.1. The van der Waals surface area contributed by atoms with Crippen LogP contribution in [-0.4, -0.2) is 28.8 Å². The van der Waals surface area contributed by atoms with Gasteiger partial charge in [0, 0.05) is 17.6 Å². The Morgan fingerprint density at radius 3 is 2.88 bits per heavy atom. The van der Waals surface area contributed by atoms with E-state index in [4.69, 9.17) is 0 Å². The highest BCUT2D eigenvalue weighted by molar-refractivity contribution is 9.10. The molecule has 1 aliphatic heterocycles. The van der Waals surface area contributed by atoms with Crippen molar-refractivity contribution in [2.24, 2.45) is 0 Å². The van der Waals surface area contributed by atoms with Crippen LogP contribution in [0.5, 0.6) is 0 Å². The molecule has 1 aromatic heterocycles. The van der Waals surface area contributed by atoms with Gasteiger partial charge in [-0.25, -0.2) is 4.98 Å². The van der Waals surface area contributed by atoms with E-state index in [9.17, 15) is 5.11 Å². The molecule has 1 aliphatic rings. The van der Waals surface area contributed by atoms with Crippen LogP contribution in [0, 0.1) is 6.92 Å². The number of β-amino-alcohol motifs (C(OH)–C–C–N with tert-alkyl or cyclic N) is 1. The van der Waals surface area contributed by atoms with Crippen LogP contribution in [0.1, 0.15) is 25.5 Å². The van der Waals surface area contributed by atoms with Gasteiger partial charge in [0.05, 0.1) is 11.3 Å². The summed E-state index contributed by atoms with van der Waals surface area (Å²) in [7, 11) is 0. The number of aromatic nitrogens is 1. The molecule has 0 unspecified atom stereocenters. The molecule has 0 aliphatic carbocycles. The Hall–Kier alpha value is -0.610. The SMILES string of the molecule is CC[C@@]1(O)CCN(c2ccc(Br)c(C)n2)C1. The van der Waals surface area contributed by atoms with E-state index < -0.39 is 5.60 Å².